The largest absolute Gasteiger partial charge is 0.388 e. The third-order valence-corrected chi connectivity index (χ3v) is 2.36. The van der Waals surface area contributed by atoms with Crippen LogP contribution in [0.25, 0.3) is 0 Å². The van der Waals surface area contributed by atoms with Gasteiger partial charge in [0, 0.05) is 12.5 Å². The predicted octanol–water partition coefficient (Wildman–Crippen LogP) is 1.83. The van der Waals surface area contributed by atoms with E-state index < -0.39 is 11.0 Å². The van der Waals surface area contributed by atoms with Crippen molar-refractivity contribution in [2.24, 2.45) is 0 Å². The maximum Gasteiger partial charge on any atom is 0.275 e. The van der Waals surface area contributed by atoms with Crippen molar-refractivity contribution in [2.45, 2.75) is 12.5 Å². The van der Waals surface area contributed by atoms with Gasteiger partial charge in [-0.3, -0.25) is 14.9 Å². The number of benzene rings is 1. The number of alkyl halides is 1. The molecule has 1 rings (SSSR count). The first-order valence-corrected chi connectivity index (χ1v) is 5.08. The van der Waals surface area contributed by atoms with Gasteiger partial charge < -0.3 is 5.11 Å². The van der Waals surface area contributed by atoms with Crippen molar-refractivity contribution in [1.82, 2.24) is 0 Å². The average Bonchev–Trinajstić information content (AvgIpc) is 2.28. The number of carbonyl (C=O) groups excluding carboxylic acids is 1. The number of hydrogen-bond donors (Lipinski definition) is 1. The molecule has 0 heterocycles. The van der Waals surface area contributed by atoms with E-state index in [9.17, 15) is 20.0 Å². The van der Waals surface area contributed by atoms with Gasteiger partial charge in [0.2, 0.25) is 0 Å². The summed E-state index contributed by atoms with van der Waals surface area (Å²) in [7, 11) is 0. The normalized spacial score (nSPS) is 12.1. The second-order valence-electron chi connectivity index (χ2n) is 3.21. The molecule has 1 atom stereocenters. The highest BCUT2D eigenvalue weighted by molar-refractivity contribution is 6.27. The number of aliphatic hydroxyl groups is 1. The molecule has 0 aliphatic heterocycles. The van der Waals surface area contributed by atoms with Crippen LogP contribution in [0.2, 0.25) is 0 Å². The highest BCUT2D eigenvalue weighted by Gasteiger charge is 2.21. The monoisotopic (exact) mass is 243 g/mol. The van der Waals surface area contributed by atoms with E-state index in [2.05, 4.69) is 0 Å². The third kappa shape index (κ3) is 3.01. The molecule has 0 saturated carbocycles. The van der Waals surface area contributed by atoms with E-state index in [1.54, 1.807) is 6.07 Å². The zero-order valence-electron chi connectivity index (χ0n) is 8.30. The molecule has 1 unspecified atom stereocenters. The van der Waals surface area contributed by atoms with Crippen LogP contribution in [0.1, 0.15) is 18.1 Å². The molecule has 0 radical (unpaired) electrons. The van der Waals surface area contributed by atoms with Crippen LogP contribution >= 0.6 is 11.6 Å². The first-order chi connectivity index (χ1) is 7.56. The summed E-state index contributed by atoms with van der Waals surface area (Å²) in [6.07, 6.45) is -1.40. The number of para-hydroxylation sites is 1. The predicted molar refractivity (Wildman–Crippen MR) is 58.4 cm³/mol. The zero-order chi connectivity index (χ0) is 12.1. The minimum absolute atomic E-state index is 0.131. The molecule has 0 fully saturated rings. The van der Waals surface area contributed by atoms with Gasteiger partial charge in [-0.2, -0.15) is 0 Å². The summed E-state index contributed by atoms with van der Waals surface area (Å²) in [5, 5.41) is 20.3. The fraction of sp³-hybridized carbons (Fsp3) is 0.300. The Labute approximate surface area is 96.8 Å². The van der Waals surface area contributed by atoms with E-state index in [4.69, 9.17) is 11.6 Å². The second kappa shape index (κ2) is 5.58. The van der Waals surface area contributed by atoms with Crippen molar-refractivity contribution in [1.29, 1.82) is 0 Å². The number of nitrogens with zero attached hydrogens (tertiary/aromatic N) is 1. The van der Waals surface area contributed by atoms with Gasteiger partial charge in [0.15, 0.2) is 5.78 Å². The average molecular weight is 244 g/mol. The Hall–Kier alpha value is -1.46. The van der Waals surface area contributed by atoms with Crippen LogP contribution in [0.15, 0.2) is 24.3 Å². The molecule has 0 amide bonds. The van der Waals surface area contributed by atoms with Crippen molar-refractivity contribution in [3.63, 3.8) is 0 Å². The van der Waals surface area contributed by atoms with Gasteiger partial charge in [0.25, 0.3) is 5.69 Å². The summed E-state index contributed by atoms with van der Waals surface area (Å²) >= 11 is 5.29. The molecule has 16 heavy (non-hydrogen) atoms. The number of rotatable bonds is 5. The number of nitro benzene ring substituents is 1. The Morgan fingerprint density at radius 2 is 2.12 bits per heavy atom. The Kier molecular flexibility index (Phi) is 4.39. The lowest BCUT2D eigenvalue weighted by Gasteiger charge is -2.09. The van der Waals surface area contributed by atoms with Crippen LogP contribution in [-0.4, -0.2) is 21.7 Å². The molecule has 0 bridgehead atoms. The Morgan fingerprint density at radius 3 is 2.69 bits per heavy atom. The molecule has 1 N–H and O–H groups in total. The summed E-state index contributed by atoms with van der Waals surface area (Å²) in [5.74, 6) is -0.565. The summed E-state index contributed by atoms with van der Waals surface area (Å²) in [6.45, 7) is 0. The number of aliphatic hydroxyl groups excluding tert-OH is 1. The number of nitro groups is 1. The van der Waals surface area contributed by atoms with E-state index >= 15 is 0 Å². The van der Waals surface area contributed by atoms with E-state index in [1.165, 1.54) is 18.2 Å². The first-order valence-electron chi connectivity index (χ1n) is 4.55. The van der Waals surface area contributed by atoms with Crippen molar-refractivity contribution in [2.75, 3.05) is 5.88 Å². The van der Waals surface area contributed by atoms with Crippen molar-refractivity contribution >= 4 is 23.1 Å². The highest BCUT2D eigenvalue weighted by atomic mass is 35.5. The molecule has 0 aliphatic rings. The van der Waals surface area contributed by atoms with Gasteiger partial charge in [-0.1, -0.05) is 12.1 Å². The molecular weight excluding hydrogens is 234 g/mol. The smallest absolute Gasteiger partial charge is 0.275 e. The number of ketones is 1. The topological polar surface area (TPSA) is 80.4 Å². The molecule has 0 spiro atoms. The number of carbonyl (C=O) groups is 1. The number of hydrogen-bond acceptors (Lipinski definition) is 4. The van der Waals surface area contributed by atoms with Crippen LogP contribution in [0.3, 0.4) is 0 Å². The van der Waals surface area contributed by atoms with Gasteiger partial charge in [-0.15, -0.1) is 11.6 Å². The molecule has 1 aromatic carbocycles. The van der Waals surface area contributed by atoms with Crippen LogP contribution < -0.4 is 0 Å². The second-order valence-corrected chi connectivity index (χ2v) is 3.48. The summed E-state index contributed by atoms with van der Waals surface area (Å²) in [4.78, 5) is 21.1. The van der Waals surface area contributed by atoms with E-state index in [0.717, 1.165) is 0 Å². The maximum atomic E-state index is 11.0. The van der Waals surface area contributed by atoms with Gasteiger partial charge in [0.1, 0.15) is 0 Å². The molecule has 0 aromatic heterocycles. The van der Waals surface area contributed by atoms with Gasteiger partial charge in [-0.05, 0) is 6.07 Å². The van der Waals surface area contributed by atoms with Crippen LogP contribution in [0.5, 0.6) is 0 Å². The quantitative estimate of drug-likeness (QED) is 0.486. The van der Waals surface area contributed by atoms with Crippen molar-refractivity contribution in [3.8, 4) is 0 Å². The van der Waals surface area contributed by atoms with Crippen molar-refractivity contribution in [3.05, 3.63) is 39.9 Å². The summed E-state index contributed by atoms with van der Waals surface area (Å²) in [6, 6.07) is 5.77. The van der Waals surface area contributed by atoms with Crippen LogP contribution in [0.4, 0.5) is 5.69 Å². The molecule has 86 valence electrons. The molecule has 5 nitrogen and oxygen atoms in total. The van der Waals surface area contributed by atoms with Crippen LogP contribution in [0, 0.1) is 10.1 Å². The summed E-state index contributed by atoms with van der Waals surface area (Å²) in [5.41, 5.74) is -0.0664. The number of halogens is 1. The van der Waals surface area contributed by atoms with E-state index in [1.807, 2.05) is 0 Å². The zero-order valence-corrected chi connectivity index (χ0v) is 9.05. The van der Waals surface area contributed by atoms with Gasteiger partial charge in [-0.25, -0.2) is 0 Å². The van der Waals surface area contributed by atoms with Crippen molar-refractivity contribution < 1.29 is 14.8 Å². The van der Waals surface area contributed by atoms with E-state index in [-0.39, 0.29) is 29.3 Å². The Bertz CT molecular complexity index is 408. The summed E-state index contributed by atoms with van der Waals surface area (Å²) < 4.78 is 0. The standard InChI is InChI=1S/C10H10ClNO4/c11-6-7(13)5-10(14)8-3-1-2-4-9(8)12(15)16/h1-4,10,14H,5-6H2. The molecule has 1 aromatic rings. The highest BCUT2D eigenvalue weighted by Crippen LogP contribution is 2.26. The first kappa shape index (κ1) is 12.6. The minimum atomic E-state index is -1.19. The van der Waals surface area contributed by atoms with E-state index in [0.29, 0.717) is 0 Å². The van der Waals surface area contributed by atoms with Crippen LogP contribution in [-0.2, 0) is 4.79 Å². The SMILES string of the molecule is O=C(CCl)CC(O)c1ccccc1[N+](=O)[O-]. The number of Topliss-reactive ketones (excluding diaryl/α,β-unsaturated/α-hetero) is 1. The van der Waals surface area contributed by atoms with Gasteiger partial charge in [0.05, 0.1) is 22.5 Å². The fourth-order valence-corrected chi connectivity index (χ4v) is 1.42. The van der Waals surface area contributed by atoms with Gasteiger partial charge >= 0.3 is 0 Å². The minimum Gasteiger partial charge on any atom is -0.388 e. The Morgan fingerprint density at radius 1 is 1.50 bits per heavy atom. The molecule has 6 heteroatoms. The lowest BCUT2D eigenvalue weighted by molar-refractivity contribution is -0.386. The Balaban J connectivity index is 2.94. The lowest BCUT2D eigenvalue weighted by atomic mass is 10.0. The lowest BCUT2D eigenvalue weighted by Crippen LogP contribution is -2.09. The fourth-order valence-electron chi connectivity index (χ4n) is 1.32. The molecule has 0 saturated heterocycles. The maximum absolute atomic E-state index is 11.0. The molecular formula is C10H10ClNO4. The molecule has 0 aliphatic carbocycles. The third-order valence-electron chi connectivity index (χ3n) is 2.06.